The van der Waals surface area contributed by atoms with Crippen LogP contribution in [0.3, 0.4) is 0 Å². The Bertz CT molecular complexity index is 284. The first kappa shape index (κ1) is 14.8. The van der Waals surface area contributed by atoms with Crippen LogP contribution in [-0.2, 0) is 14.3 Å². The van der Waals surface area contributed by atoms with Crippen LogP contribution in [0.4, 0.5) is 0 Å². The summed E-state index contributed by atoms with van der Waals surface area (Å²) in [7, 11) is 3.27. The molecule has 1 saturated heterocycles. The summed E-state index contributed by atoms with van der Waals surface area (Å²) in [4.78, 5) is 12.1. The van der Waals surface area contributed by atoms with Gasteiger partial charge in [-0.2, -0.15) is 0 Å². The summed E-state index contributed by atoms with van der Waals surface area (Å²) in [5.41, 5.74) is 0. The van der Waals surface area contributed by atoms with Crippen molar-refractivity contribution in [1.29, 1.82) is 0 Å². The molecule has 0 radical (unpaired) electrons. The minimum atomic E-state index is -0.0716. The van der Waals surface area contributed by atoms with Gasteiger partial charge < -0.3 is 20.1 Å². The molecule has 5 nitrogen and oxygen atoms in total. The third-order valence-electron chi connectivity index (χ3n) is 4.37. The fourth-order valence-corrected chi connectivity index (χ4v) is 3.25. The Balaban J connectivity index is 1.74. The van der Waals surface area contributed by atoms with E-state index in [4.69, 9.17) is 9.47 Å². The summed E-state index contributed by atoms with van der Waals surface area (Å²) >= 11 is 0. The number of methoxy groups -OCH3 is 2. The maximum atomic E-state index is 12.1. The van der Waals surface area contributed by atoms with Crippen LogP contribution in [0.1, 0.15) is 32.1 Å². The van der Waals surface area contributed by atoms with Gasteiger partial charge in [-0.15, -0.1) is 0 Å². The lowest BCUT2D eigenvalue weighted by Crippen LogP contribution is -2.46. The first-order valence-electron chi connectivity index (χ1n) is 7.30. The van der Waals surface area contributed by atoms with Crippen molar-refractivity contribution in [3.63, 3.8) is 0 Å². The summed E-state index contributed by atoms with van der Waals surface area (Å²) in [6.07, 6.45) is 6.01. The quantitative estimate of drug-likeness (QED) is 0.745. The first-order valence-corrected chi connectivity index (χ1v) is 7.30. The Morgan fingerprint density at radius 2 is 2.16 bits per heavy atom. The predicted octanol–water partition coefficient (Wildman–Crippen LogP) is 0.685. The summed E-state index contributed by atoms with van der Waals surface area (Å²) in [5, 5.41) is 6.45. The average molecular weight is 270 g/mol. The van der Waals surface area contributed by atoms with Crippen LogP contribution in [0.25, 0.3) is 0 Å². The van der Waals surface area contributed by atoms with E-state index in [0.29, 0.717) is 25.1 Å². The van der Waals surface area contributed by atoms with Crippen molar-refractivity contribution < 1.29 is 14.3 Å². The highest BCUT2D eigenvalue weighted by Gasteiger charge is 2.38. The summed E-state index contributed by atoms with van der Waals surface area (Å²) in [6, 6.07) is 0.537. The van der Waals surface area contributed by atoms with Crippen LogP contribution < -0.4 is 10.6 Å². The average Bonchev–Trinajstić information content (AvgIpc) is 2.87. The van der Waals surface area contributed by atoms with Crippen LogP contribution in [0, 0.1) is 5.92 Å². The van der Waals surface area contributed by atoms with Gasteiger partial charge >= 0.3 is 0 Å². The van der Waals surface area contributed by atoms with E-state index in [-0.39, 0.29) is 18.1 Å². The number of carbonyl (C=O) groups excluding carboxylic acids is 1. The van der Waals surface area contributed by atoms with E-state index < -0.39 is 0 Å². The van der Waals surface area contributed by atoms with E-state index in [2.05, 4.69) is 10.6 Å². The van der Waals surface area contributed by atoms with Crippen molar-refractivity contribution in [2.75, 3.05) is 27.4 Å². The Morgan fingerprint density at radius 3 is 2.84 bits per heavy atom. The third kappa shape index (κ3) is 3.91. The molecular weight excluding hydrogens is 244 g/mol. The van der Waals surface area contributed by atoms with E-state index >= 15 is 0 Å². The largest absolute Gasteiger partial charge is 0.382 e. The van der Waals surface area contributed by atoms with E-state index in [0.717, 1.165) is 6.42 Å². The van der Waals surface area contributed by atoms with Gasteiger partial charge in [0.2, 0.25) is 5.91 Å². The standard InChI is InChI=1S/C14H26N2O3/c1-18-9-11(19-2)8-15-14(17)13-7-10-5-3-4-6-12(10)16-13/h10-13,16H,3-9H2,1-2H3,(H,15,17). The van der Waals surface area contributed by atoms with Crippen LogP contribution in [0.2, 0.25) is 0 Å². The Labute approximate surface area is 115 Å². The summed E-state index contributed by atoms with van der Waals surface area (Å²) in [6.45, 7) is 1.01. The van der Waals surface area contributed by atoms with E-state index in [9.17, 15) is 4.79 Å². The Morgan fingerprint density at radius 1 is 1.37 bits per heavy atom. The molecule has 0 spiro atoms. The zero-order valence-electron chi connectivity index (χ0n) is 12.0. The number of amides is 1. The van der Waals surface area contributed by atoms with Crippen molar-refractivity contribution in [1.82, 2.24) is 10.6 Å². The van der Waals surface area contributed by atoms with Crippen molar-refractivity contribution in [3.05, 3.63) is 0 Å². The zero-order valence-corrected chi connectivity index (χ0v) is 12.0. The molecular formula is C14H26N2O3. The topological polar surface area (TPSA) is 59.6 Å². The van der Waals surface area contributed by atoms with Crippen molar-refractivity contribution in [2.24, 2.45) is 5.92 Å². The third-order valence-corrected chi connectivity index (χ3v) is 4.37. The van der Waals surface area contributed by atoms with Gasteiger partial charge in [-0.1, -0.05) is 12.8 Å². The van der Waals surface area contributed by atoms with Crippen molar-refractivity contribution >= 4 is 5.91 Å². The molecule has 110 valence electrons. The SMILES string of the molecule is COCC(CNC(=O)C1CC2CCCCC2N1)OC. The lowest BCUT2D eigenvalue weighted by Gasteiger charge is -2.24. The lowest BCUT2D eigenvalue weighted by atomic mass is 9.85. The van der Waals surface area contributed by atoms with E-state index in [1.165, 1.54) is 25.7 Å². The highest BCUT2D eigenvalue weighted by Crippen LogP contribution is 2.33. The smallest absolute Gasteiger partial charge is 0.237 e. The Hall–Kier alpha value is -0.650. The van der Waals surface area contributed by atoms with Crippen LogP contribution in [0.5, 0.6) is 0 Å². The minimum Gasteiger partial charge on any atom is -0.382 e. The van der Waals surface area contributed by atoms with Gasteiger partial charge in [0, 0.05) is 26.8 Å². The van der Waals surface area contributed by atoms with Crippen LogP contribution in [-0.4, -0.2) is 51.5 Å². The van der Waals surface area contributed by atoms with Gasteiger partial charge in [0.15, 0.2) is 0 Å². The lowest BCUT2D eigenvalue weighted by molar-refractivity contribution is -0.123. The number of hydrogen-bond acceptors (Lipinski definition) is 4. The molecule has 1 heterocycles. The number of carbonyl (C=O) groups is 1. The molecule has 0 aromatic heterocycles. The maximum Gasteiger partial charge on any atom is 0.237 e. The molecule has 1 saturated carbocycles. The number of rotatable bonds is 6. The molecule has 1 aliphatic carbocycles. The molecule has 2 fully saturated rings. The molecule has 0 bridgehead atoms. The second-order valence-electron chi connectivity index (χ2n) is 5.66. The fraction of sp³-hybridized carbons (Fsp3) is 0.929. The second kappa shape index (κ2) is 7.22. The molecule has 2 aliphatic rings. The predicted molar refractivity (Wildman–Crippen MR) is 73.0 cm³/mol. The number of nitrogens with one attached hydrogen (secondary N) is 2. The highest BCUT2D eigenvalue weighted by molar-refractivity contribution is 5.82. The normalized spacial score (nSPS) is 31.8. The van der Waals surface area contributed by atoms with Crippen molar-refractivity contribution in [3.8, 4) is 0 Å². The summed E-state index contributed by atoms with van der Waals surface area (Å²) < 4.78 is 10.3. The zero-order chi connectivity index (χ0) is 13.7. The van der Waals surface area contributed by atoms with Gasteiger partial charge in [0.1, 0.15) is 0 Å². The number of hydrogen-bond donors (Lipinski definition) is 2. The molecule has 4 atom stereocenters. The van der Waals surface area contributed by atoms with Gasteiger partial charge in [0.05, 0.1) is 18.8 Å². The molecule has 2 N–H and O–H groups in total. The molecule has 1 aliphatic heterocycles. The molecule has 0 aromatic carbocycles. The molecule has 1 amide bonds. The number of ether oxygens (including phenoxy) is 2. The van der Waals surface area contributed by atoms with E-state index in [1.807, 2.05) is 0 Å². The monoisotopic (exact) mass is 270 g/mol. The van der Waals surface area contributed by atoms with Crippen LogP contribution in [0.15, 0.2) is 0 Å². The van der Waals surface area contributed by atoms with Gasteiger partial charge in [0.25, 0.3) is 0 Å². The fourth-order valence-electron chi connectivity index (χ4n) is 3.25. The summed E-state index contributed by atoms with van der Waals surface area (Å²) in [5.74, 6) is 0.800. The van der Waals surface area contributed by atoms with Gasteiger partial charge in [-0.3, -0.25) is 4.79 Å². The van der Waals surface area contributed by atoms with Crippen molar-refractivity contribution in [2.45, 2.75) is 50.3 Å². The molecule has 4 unspecified atom stereocenters. The maximum absolute atomic E-state index is 12.1. The van der Waals surface area contributed by atoms with Gasteiger partial charge in [-0.25, -0.2) is 0 Å². The Kier molecular flexibility index (Phi) is 5.60. The first-order chi connectivity index (χ1) is 9.24. The number of fused-ring (bicyclic) bond motifs is 1. The minimum absolute atomic E-state index is 0.0202. The highest BCUT2D eigenvalue weighted by atomic mass is 16.5. The second-order valence-corrected chi connectivity index (χ2v) is 5.66. The molecule has 0 aromatic rings. The van der Waals surface area contributed by atoms with Crippen LogP contribution >= 0.6 is 0 Å². The molecule has 2 rings (SSSR count). The van der Waals surface area contributed by atoms with E-state index in [1.54, 1.807) is 14.2 Å². The molecule has 19 heavy (non-hydrogen) atoms. The molecule has 5 heteroatoms. The van der Waals surface area contributed by atoms with Gasteiger partial charge in [-0.05, 0) is 25.2 Å².